The summed E-state index contributed by atoms with van der Waals surface area (Å²) in [7, 11) is 1.35. The largest absolute Gasteiger partial charge is 0.494 e. The molecule has 1 fully saturated rings. The van der Waals surface area contributed by atoms with Crippen LogP contribution in [-0.2, 0) is 6.54 Å². The van der Waals surface area contributed by atoms with E-state index in [0.717, 1.165) is 24.6 Å². The van der Waals surface area contributed by atoms with Crippen LogP contribution in [0.4, 0.5) is 26.4 Å². The molecule has 3 amide bonds. The number of pyridine rings is 1. The zero-order valence-electron chi connectivity index (χ0n) is 22.9. The average Bonchev–Trinajstić information content (AvgIpc) is 3.66. The number of ether oxygens (including phenoxy) is 1. The summed E-state index contributed by atoms with van der Waals surface area (Å²) >= 11 is 0. The number of amides is 3. The van der Waals surface area contributed by atoms with Crippen molar-refractivity contribution in [1.29, 1.82) is 0 Å². The van der Waals surface area contributed by atoms with Crippen LogP contribution >= 0.6 is 0 Å². The smallest absolute Gasteiger partial charge is 0.320 e. The SMILES string of the molecule is COc1ccc(C(=O)Nc2cc(-c3[nH]c4c(c3Nc3ccccc3)C(=O)CN(C(=O)N3CCCC3)C4)ccn2)cc1F. The summed E-state index contributed by atoms with van der Waals surface area (Å²) in [6.45, 7) is 1.64. The first-order valence-electron chi connectivity index (χ1n) is 13.7. The maximum Gasteiger partial charge on any atom is 0.320 e. The van der Waals surface area contributed by atoms with Gasteiger partial charge in [-0.15, -0.1) is 0 Å². The van der Waals surface area contributed by atoms with Gasteiger partial charge in [0.05, 0.1) is 37.1 Å². The van der Waals surface area contributed by atoms with Gasteiger partial charge in [-0.25, -0.2) is 14.2 Å². The molecule has 3 N–H and O–H groups in total. The summed E-state index contributed by atoms with van der Waals surface area (Å²) in [6, 6.07) is 16.7. The van der Waals surface area contributed by atoms with Crippen LogP contribution in [0.1, 0.15) is 39.3 Å². The summed E-state index contributed by atoms with van der Waals surface area (Å²) < 4.78 is 19.1. The molecule has 0 radical (unpaired) electrons. The van der Waals surface area contributed by atoms with Crippen LogP contribution in [0, 0.1) is 5.82 Å². The number of para-hydroxylation sites is 1. The molecule has 214 valence electrons. The van der Waals surface area contributed by atoms with Gasteiger partial charge in [-0.3, -0.25) is 9.59 Å². The highest BCUT2D eigenvalue weighted by atomic mass is 19.1. The molecule has 2 aliphatic rings. The van der Waals surface area contributed by atoms with Gasteiger partial charge < -0.3 is 30.2 Å². The maximum atomic E-state index is 14.2. The maximum absolute atomic E-state index is 14.2. The van der Waals surface area contributed by atoms with Crippen molar-refractivity contribution < 1.29 is 23.5 Å². The number of nitrogens with one attached hydrogen (secondary N) is 3. The Balaban J connectivity index is 1.33. The first-order chi connectivity index (χ1) is 20.4. The molecule has 6 rings (SSSR count). The lowest BCUT2D eigenvalue weighted by atomic mass is 10.0. The van der Waals surface area contributed by atoms with Gasteiger partial charge >= 0.3 is 6.03 Å². The number of H-pyrrole nitrogens is 1. The Bertz CT molecular complexity index is 1670. The van der Waals surface area contributed by atoms with Crippen molar-refractivity contribution in [2.75, 3.05) is 37.4 Å². The van der Waals surface area contributed by atoms with Gasteiger partial charge in [0.15, 0.2) is 17.3 Å². The topological polar surface area (TPSA) is 120 Å². The molecule has 2 aromatic heterocycles. The van der Waals surface area contributed by atoms with E-state index in [-0.39, 0.29) is 42.0 Å². The van der Waals surface area contributed by atoms with Gasteiger partial charge in [0.25, 0.3) is 5.91 Å². The molecule has 2 aromatic carbocycles. The standard InChI is InChI=1S/C31H29FN6O4/c1-42-25-10-9-20(15-22(25)32)30(40)36-26-16-19(11-12-33-26)28-29(34-21-7-3-2-4-8-21)27-23(35-28)17-38(18-24(27)39)31(41)37-13-5-6-14-37/h2-4,7-12,15-16,34-35H,5-6,13-14,17-18H2,1H3,(H,33,36,40). The van der Waals surface area contributed by atoms with E-state index in [4.69, 9.17) is 4.74 Å². The lowest BCUT2D eigenvalue weighted by Crippen LogP contribution is -2.46. The lowest BCUT2D eigenvalue weighted by molar-refractivity contribution is 0.0896. The number of rotatable bonds is 6. The minimum absolute atomic E-state index is 0.0147. The number of benzene rings is 2. The highest BCUT2D eigenvalue weighted by Gasteiger charge is 2.35. The first kappa shape index (κ1) is 27.0. The highest BCUT2D eigenvalue weighted by Crippen LogP contribution is 2.38. The summed E-state index contributed by atoms with van der Waals surface area (Å²) in [5.74, 6) is -1.09. The van der Waals surface area contributed by atoms with E-state index in [9.17, 15) is 18.8 Å². The third kappa shape index (κ3) is 5.28. The third-order valence-corrected chi connectivity index (χ3v) is 7.43. The Hall–Kier alpha value is -5.19. The molecule has 4 aromatic rings. The number of methoxy groups -OCH3 is 1. The predicted molar refractivity (Wildman–Crippen MR) is 156 cm³/mol. The fourth-order valence-electron chi connectivity index (χ4n) is 5.38. The van der Waals surface area contributed by atoms with Crippen molar-refractivity contribution in [3.8, 4) is 17.0 Å². The van der Waals surface area contributed by atoms with Crippen LogP contribution in [-0.4, -0.2) is 64.2 Å². The van der Waals surface area contributed by atoms with Crippen molar-refractivity contribution in [3.63, 3.8) is 0 Å². The van der Waals surface area contributed by atoms with Crippen LogP contribution in [0.5, 0.6) is 5.75 Å². The number of fused-ring (bicyclic) bond motifs is 1. The minimum Gasteiger partial charge on any atom is -0.494 e. The number of urea groups is 1. The number of hydrogen-bond acceptors (Lipinski definition) is 6. The molecule has 42 heavy (non-hydrogen) atoms. The molecule has 0 aliphatic carbocycles. The van der Waals surface area contributed by atoms with Crippen LogP contribution in [0.15, 0.2) is 66.9 Å². The fraction of sp³-hybridized carbons (Fsp3) is 0.226. The summed E-state index contributed by atoms with van der Waals surface area (Å²) in [6.07, 6.45) is 3.46. The van der Waals surface area contributed by atoms with Crippen molar-refractivity contribution >= 4 is 34.9 Å². The third-order valence-electron chi connectivity index (χ3n) is 7.43. The normalized spacial score (nSPS) is 14.5. The molecule has 11 heteroatoms. The zero-order chi connectivity index (χ0) is 29.2. The Morgan fingerprint density at radius 3 is 2.52 bits per heavy atom. The highest BCUT2D eigenvalue weighted by molar-refractivity contribution is 6.09. The molecule has 10 nitrogen and oxygen atoms in total. The number of ketones is 1. The molecule has 0 saturated carbocycles. The van der Waals surface area contributed by atoms with Gasteiger partial charge in [-0.1, -0.05) is 18.2 Å². The number of carbonyl (C=O) groups excluding carboxylic acids is 3. The fourth-order valence-corrected chi connectivity index (χ4v) is 5.38. The minimum atomic E-state index is -0.651. The van der Waals surface area contributed by atoms with E-state index in [0.29, 0.717) is 41.3 Å². The number of nitrogens with zero attached hydrogens (tertiary/aromatic N) is 3. The van der Waals surface area contributed by atoms with Crippen LogP contribution in [0.2, 0.25) is 0 Å². The van der Waals surface area contributed by atoms with Crippen LogP contribution in [0.25, 0.3) is 11.3 Å². The van der Waals surface area contributed by atoms with Gasteiger partial charge in [-0.2, -0.15) is 0 Å². The monoisotopic (exact) mass is 568 g/mol. The molecular weight excluding hydrogens is 539 g/mol. The summed E-state index contributed by atoms with van der Waals surface area (Å²) in [5.41, 5.74) is 3.86. The van der Waals surface area contributed by atoms with Gasteiger partial charge in [0.2, 0.25) is 0 Å². The Morgan fingerprint density at radius 1 is 1.00 bits per heavy atom. The van der Waals surface area contributed by atoms with Crippen LogP contribution < -0.4 is 15.4 Å². The quantitative estimate of drug-likeness (QED) is 0.285. The number of likely N-dealkylation sites (tertiary alicyclic amines) is 1. The van der Waals surface area contributed by atoms with Gasteiger partial charge in [0, 0.05) is 41.8 Å². The van der Waals surface area contributed by atoms with Crippen molar-refractivity contribution in [3.05, 3.63) is 89.5 Å². The number of hydrogen-bond donors (Lipinski definition) is 3. The van der Waals surface area contributed by atoms with E-state index in [1.165, 1.54) is 25.4 Å². The number of Topliss-reactive ketones (excluding diaryl/α,β-unsaturated/α-hetero) is 1. The van der Waals surface area contributed by atoms with E-state index in [2.05, 4.69) is 20.6 Å². The summed E-state index contributed by atoms with van der Waals surface area (Å²) in [5, 5.41) is 6.09. The van der Waals surface area contributed by atoms with Gasteiger partial charge in [-0.05, 0) is 55.3 Å². The van der Waals surface area contributed by atoms with Crippen molar-refractivity contribution in [1.82, 2.24) is 19.8 Å². The first-order valence-corrected chi connectivity index (χ1v) is 13.7. The molecule has 1 saturated heterocycles. The molecular formula is C31H29FN6O4. The number of aromatic amines is 1. The zero-order valence-corrected chi connectivity index (χ0v) is 22.9. The number of aromatic nitrogens is 2. The molecule has 0 bridgehead atoms. The number of halogens is 1. The van der Waals surface area contributed by atoms with E-state index < -0.39 is 11.7 Å². The molecule has 2 aliphatic heterocycles. The predicted octanol–water partition coefficient (Wildman–Crippen LogP) is 5.43. The molecule has 0 atom stereocenters. The summed E-state index contributed by atoms with van der Waals surface area (Å²) in [4.78, 5) is 50.5. The number of anilines is 3. The van der Waals surface area contributed by atoms with Crippen molar-refractivity contribution in [2.24, 2.45) is 0 Å². The molecule has 4 heterocycles. The molecule has 0 spiro atoms. The second-order valence-electron chi connectivity index (χ2n) is 10.2. The Labute approximate surface area is 241 Å². The van der Waals surface area contributed by atoms with E-state index in [1.54, 1.807) is 21.9 Å². The second-order valence-corrected chi connectivity index (χ2v) is 10.2. The van der Waals surface area contributed by atoms with E-state index in [1.807, 2.05) is 30.3 Å². The Kier molecular flexibility index (Phi) is 7.30. The lowest BCUT2D eigenvalue weighted by Gasteiger charge is -2.30. The van der Waals surface area contributed by atoms with Crippen molar-refractivity contribution in [2.45, 2.75) is 19.4 Å². The Morgan fingerprint density at radius 2 is 1.79 bits per heavy atom. The van der Waals surface area contributed by atoms with E-state index >= 15 is 0 Å². The van der Waals surface area contributed by atoms with Crippen LogP contribution in [0.3, 0.4) is 0 Å². The van der Waals surface area contributed by atoms with Gasteiger partial charge in [0.1, 0.15) is 5.82 Å². The second kappa shape index (κ2) is 11.4. The number of carbonyl (C=O) groups is 3. The molecule has 0 unspecified atom stereocenters. The average molecular weight is 569 g/mol.